The van der Waals surface area contributed by atoms with Crippen LogP contribution in [0.15, 0.2) is 30.3 Å². The number of nitrogens with zero attached hydrogens (tertiary/aromatic N) is 1. The van der Waals surface area contributed by atoms with E-state index in [4.69, 9.17) is 5.11 Å². The molecule has 0 aromatic heterocycles. The summed E-state index contributed by atoms with van der Waals surface area (Å²) < 4.78 is 0. The van der Waals surface area contributed by atoms with Gasteiger partial charge in [0.1, 0.15) is 0 Å². The highest BCUT2D eigenvalue weighted by Gasteiger charge is 2.07. The Balaban J connectivity index is 2.08. The molecule has 5 heteroatoms. The molecule has 0 aliphatic heterocycles. The monoisotopic (exact) mass is 292 g/mol. The van der Waals surface area contributed by atoms with E-state index >= 15 is 0 Å². The molecule has 2 amide bonds. The van der Waals surface area contributed by atoms with E-state index in [9.17, 15) is 9.59 Å². The van der Waals surface area contributed by atoms with Crippen molar-refractivity contribution in [3.63, 3.8) is 0 Å². The molecule has 1 rings (SSSR count). The summed E-state index contributed by atoms with van der Waals surface area (Å²) in [6.45, 7) is 1.11. The number of carboxylic acid groups (broad SMARTS) is 1. The van der Waals surface area contributed by atoms with E-state index in [0.717, 1.165) is 19.3 Å². The molecule has 0 aliphatic rings. The van der Waals surface area contributed by atoms with Crippen molar-refractivity contribution in [3.8, 4) is 0 Å². The van der Waals surface area contributed by atoms with Crippen LogP contribution in [0.2, 0.25) is 0 Å². The molecule has 1 aromatic rings. The van der Waals surface area contributed by atoms with E-state index in [2.05, 4.69) is 17.4 Å². The van der Waals surface area contributed by atoms with Gasteiger partial charge in [-0.1, -0.05) is 30.3 Å². The number of aliphatic carboxylic acids is 1. The van der Waals surface area contributed by atoms with E-state index in [-0.39, 0.29) is 12.5 Å². The van der Waals surface area contributed by atoms with Crippen LogP contribution < -0.4 is 5.32 Å². The zero-order valence-corrected chi connectivity index (χ0v) is 12.5. The van der Waals surface area contributed by atoms with Crippen LogP contribution in [0, 0.1) is 0 Å². The molecule has 0 spiro atoms. The number of carbonyl (C=O) groups excluding carboxylic acids is 1. The van der Waals surface area contributed by atoms with Gasteiger partial charge in [0.05, 0.1) is 0 Å². The predicted molar refractivity (Wildman–Crippen MR) is 82.3 cm³/mol. The molecular weight excluding hydrogens is 268 g/mol. The lowest BCUT2D eigenvalue weighted by Gasteiger charge is -2.17. The number of rotatable bonds is 9. The first-order chi connectivity index (χ1) is 10.1. The van der Waals surface area contributed by atoms with Crippen LogP contribution in [0.25, 0.3) is 0 Å². The molecule has 5 nitrogen and oxygen atoms in total. The van der Waals surface area contributed by atoms with Gasteiger partial charge in [-0.3, -0.25) is 4.79 Å². The third-order valence-corrected chi connectivity index (χ3v) is 3.24. The van der Waals surface area contributed by atoms with Gasteiger partial charge in [0.25, 0.3) is 0 Å². The standard InChI is InChI=1S/C16H24N2O3/c1-18(16(21)17-12-7-11-15(19)20)13-6-5-10-14-8-3-2-4-9-14/h2-4,8-9H,5-7,10-13H2,1H3,(H,17,21)(H,19,20). The first kappa shape index (κ1) is 17.0. The molecule has 0 atom stereocenters. The van der Waals surface area contributed by atoms with Crippen LogP contribution in [-0.2, 0) is 11.2 Å². The Hall–Kier alpha value is -2.04. The zero-order chi connectivity index (χ0) is 15.5. The van der Waals surface area contributed by atoms with E-state index in [1.54, 1.807) is 11.9 Å². The number of amides is 2. The highest BCUT2D eigenvalue weighted by Crippen LogP contribution is 2.05. The summed E-state index contributed by atoms with van der Waals surface area (Å²) >= 11 is 0. The van der Waals surface area contributed by atoms with Gasteiger partial charge in [0, 0.05) is 26.6 Å². The van der Waals surface area contributed by atoms with Crippen molar-refractivity contribution in [1.82, 2.24) is 10.2 Å². The van der Waals surface area contributed by atoms with Crippen LogP contribution in [0.3, 0.4) is 0 Å². The average Bonchev–Trinajstić information content (AvgIpc) is 2.48. The van der Waals surface area contributed by atoms with Crippen LogP contribution in [0.4, 0.5) is 4.79 Å². The number of aryl methyl sites for hydroxylation is 1. The van der Waals surface area contributed by atoms with E-state index in [1.165, 1.54) is 5.56 Å². The van der Waals surface area contributed by atoms with E-state index < -0.39 is 5.97 Å². The molecular formula is C16H24N2O3. The highest BCUT2D eigenvalue weighted by molar-refractivity contribution is 5.73. The summed E-state index contributed by atoms with van der Waals surface area (Å²) in [7, 11) is 1.76. The molecule has 0 aliphatic carbocycles. The number of unbranched alkanes of at least 4 members (excludes halogenated alkanes) is 1. The number of urea groups is 1. The number of hydrogen-bond donors (Lipinski definition) is 2. The Labute approximate surface area is 126 Å². The second kappa shape index (κ2) is 9.80. The Kier molecular flexibility index (Phi) is 7.94. The van der Waals surface area contributed by atoms with Crippen molar-refractivity contribution in [3.05, 3.63) is 35.9 Å². The third kappa shape index (κ3) is 7.97. The molecule has 0 bridgehead atoms. The first-order valence-electron chi connectivity index (χ1n) is 7.34. The van der Waals surface area contributed by atoms with Gasteiger partial charge in [-0.05, 0) is 31.2 Å². The molecule has 0 radical (unpaired) electrons. The lowest BCUT2D eigenvalue weighted by atomic mass is 10.1. The predicted octanol–water partition coefficient (Wildman–Crippen LogP) is 2.52. The summed E-state index contributed by atoms with van der Waals surface area (Å²) in [6.07, 6.45) is 3.56. The minimum atomic E-state index is -0.835. The van der Waals surface area contributed by atoms with Crippen molar-refractivity contribution >= 4 is 12.0 Å². The smallest absolute Gasteiger partial charge is 0.317 e. The van der Waals surface area contributed by atoms with Gasteiger partial charge in [-0.2, -0.15) is 0 Å². The van der Waals surface area contributed by atoms with Crippen LogP contribution in [0.1, 0.15) is 31.2 Å². The third-order valence-electron chi connectivity index (χ3n) is 3.24. The summed E-state index contributed by atoms with van der Waals surface area (Å²) in [5.41, 5.74) is 1.32. The van der Waals surface area contributed by atoms with Crippen molar-refractivity contribution in [1.29, 1.82) is 0 Å². The van der Waals surface area contributed by atoms with Crippen molar-refractivity contribution in [2.75, 3.05) is 20.1 Å². The minimum absolute atomic E-state index is 0.0844. The Morgan fingerprint density at radius 2 is 1.86 bits per heavy atom. The molecule has 1 aromatic carbocycles. The maximum absolute atomic E-state index is 11.7. The number of hydrogen-bond acceptors (Lipinski definition) is 2. The number of carbonyl (C=O) groups is 2. The van der Waals surface area contributed by atoms with Gasteiger partial charge in [0.15, 0.2) is 0 Å². The van der Waals surface area contributed by atoms with Gasteiger partial charge in [0.2, 0.25) is 0 Å². The fourth-order valence-electron chi connectivity index (χ4n) is 1.99. The number of carboxylic acids is 1. The fourth-order valence-corrected chi connectivity index (χ4v) is 1.99. The summed E-state index contributed by atoms with van der Waals surface area (Å²) in [5.74, 6) is -0.835. The largest absolute Gasteiger partial charge is 0.481 e. The zero-order valence-electron chi connectivity index (χ0n) is 12.5. The van der Waals surface area contributed by atoms with Crippen LogP contribution >= 0.6 is 0 Å². The quantitative estimate of drug-likeness (QED) is 0.687. The van der Waals surface area contributed by atoms with Gasteiger partial charge in [-0.15, -0.1) is 0 Å². The summed E-state index contributed by atoms with van der Waals surface area (Å²) in [5, 5.41) is 11.2. The average molecular weight is 292 g/mol. The molecule has 0 unspecified atom stereocenters. The molecule has 116 valence electrons. The molecule has 0 saturated carbocycles. The van der Waals surface area contributed by atoms with Crippen molar-refractivity contribution < 1.29 is 14.7 Å². The maximum Gasteiger partial charge on any atom is 0.317 e. The van der Waals surface area contributed by atoms with E-state index in [1.807, 2.05) is 18.2 Å². The van der Waals surface area contributed by atoms with Gasteiger partial charge < -0.3 is 15.3 Å². The minimum Gasteiger partial charge on any atom is -0.481 e. The van der Waals surface area contributed by atoms with Crippen LogP contribution in [-0.4, -0.2) is 42.1 Å². The lowest BCUT2D eigenvalue weighted by molar-refractivity contribution is -0.137. The topological polar surface area (TPSA) is 69.6 Å². The van der Waals surface area contributed by atoms with E-state index in [0.29, 0.717) is 19.5 Å². The maximum atomic E-state index is 11.7. The Morgan fingerprint density at radius 3 is 2.52 bits per heavy atom. The molecule has 0 fully saturated rings. The molecule has 21 heavy (non-hydrogen) atoms. The van der Waals surface area contributed by atoms with Crippen molar-refractivity contribution in [2.24, 2.45) is 0 Å². The highest BCUT2D eigenvalue weighted by atomic mass is 16.4. The Morgan fingerprint density at radius 1 is 1.14 bits per heavy atom. The SMILES string of the molecule is CN(CCCCc1ccccc1)C(=O)NCCCC(=O)O. The molecule has 0 heterocycles. The summed E-state index contributed by atoms with van der Waals surface area (Å²) in [4.78, 5) is 23.7. The summed E-state index contributed by atoms with van der Waals surface area (Å²) in [6, 6.07) is 10.2. The lowest BCUT2D eigenvalue weighted by Crippen LogP contribution is -2.38. The molecule has 0 saturated heterocycles. The second-order valence-electron chi connectivity index (χ2n) is 5.09. The van der Waals surface area contributed by atoms with Gasteiger partial charge >= 0.3 is 12.0 Å². The number of nitrogens with one attached hydrogen (secondary N) is 1. The normalized spacial score (nSPS) is 10.1. The van der Waals surface area contributed by atoms with Crippen LogP contribution in [0.5, 0.6) is 0 Å². The van der Waals surface area contributed by atoms with Crippen molar-refractivity contribution in [2.45, 2.75) is 32.1 Å². The first-order valence-corrected chi connectivity index (χ1v) is 7.34. The molecule has 2 N–H and O–H groups in total. The second-order valence-corrected chi connectivity index (χ2v) is 5.09. The van der Waals surface area contributed by atoms with Gasteiger partial charge in [-0.25, -0.2) is 4.79 Å². The number of benzene rings is 1. The Bertz CT molecular complexity index is 434. The fraction of sp³-hybridized carbons (Fsp3) is 0.500.